The van der Waals surface area contributed by atoms with Crippen molar-refractivity contribution in [2.45, 2.75) is 24.7 Å². The van der Waals surface area contributed by atoms with Crippen LogP contribution in [0.15, 0.2) is 18.2 Å². The van der Waals surface area contributed by atoms with E-state index in [1.54, 1.807) is 18.2 Å². The Morgan fingerprint density at radius 1 is 1.44 bits per heavy atom. The van der Waals surface area contributed by atoms with Crippen molar-refractivity contribution in [2.75, 3.05) is 6.26 Å². The molecule has 6 heteroatoms. The van der Waals surface area contributed by atoms with Gasteiger partial charge in [0.2, 0.25) is 0 Å². The number of rotatable bonds is 2. The standard InChI is InChI=1S/C12H13ClO4S/c1-7(14)17-12-10-4-3-9(13)5-8(10)6-11(12)18(2,15)16/h3-5,11-12H,6H2,1-2H3. The third-order valence-electron chi connectivity index (χ3n) is 3.01. The van der Waals surface area contributed by atoms with Crippen LogP contribution >= 0.6 is 11.6 Å². The van der Waals surface area contributed by atoms with Gasteiger partial charge in [0.05, 0.1) is 0 Å². The Morgan fingerprint density at radius 2 is 2.11 bits per heavy atom. The zero-order valence-electron chi connectivity index (χ0n) is 10.0. The fraction of sp³-hybridized carbons (Fsp3) is 0.417. The second-order valence-electron chi connectivity index (χ2n) is 4.45. The Labute approximate surface area is 111 Å². The molecule has 0 saturated carbocycles. The van der Waals surface area contributed by atoms with Crippen molar-refractivity contribution in [1.29, 1.82) is 0 Å². The molecule has 0 saturated heterocycles. The Bertz CT molecular complexity index is 594. The van der Waals surface area contributed by atoms with E-state index in [2.05, 4.69) is 0 Å². The number of halogens is 1. The minimum absolute atomic E-state index is 0.326. The lowest BCUT2D eigenvalue weighted by Gasteiger charge is -2.18. The fourth-order valence-electron chi connectivity index (χ4n) is 2.25. The predicted molar refractivity (Wildman–Crippen MR) is 68.3 cm³/mol. The molecule has 0 amide bonds. The highest BCUT2D eigenvalue weighted by molar-refractivity contribution is 7.91. The van der Waals surface area contributed by atoms with Gasteiger partial charge in [-0.2, -0.15) is 0 Å². The first-order chi connectivity index (χ1) is 8.29. The van der Waals surface area contributed by atoms with Crippen LogP contribution in [0.25, 0.3) is 0 Å². The second-order valence-corrected chi connectivity index (χ2v) is 7.15. The van der Waals surface area contributed by atoms with Gasteiger partial charge in [0.25, 0.3) is 0 Å². The second kappa shape index (κ2) is 4.55. The first-order valence-corrected chi connectivity index (χ1v) is 7.76. The summed E-state index contributed by atoms with van der Waals surface area (Å²) in [4.78, 5) is 11.1. The maximum Gasteiger partial charge on any atom is 0.303 e. The Hall–Kier alpha value is -1.07. The van der Waals surface area contributed by atoms with Crippen LogP contribution in [0.4, 0.5) is 0 Å². The van der Waals surface area contributed by atoms with Crippen molar-refractivity contribution < 1.29 is 17.9 Å². The molecule has 2 unspecified atom stereocenters. The van der Waals surface area contributed by atoms with Gasteiger partial charge < -0.3 is 4.74 Å². The number of benzene rings is 1. The molecule has 1 aromatic carbocycles. The van der Waals surface area contributed by atoms with Gasteiger partial charge in [-0.1, -0.05) is 17.7 Å². The highest BCUT2D eigenvalue weighted by Gasteiger charge is 2.41. The maximum atomic E-state index is 11.8. The highest BCUT2D eigenvalue weighted by atomic mass is 35.5. The lowest BCUT2D eigenvalue weighted by atomic mass is 10.1. The predicted octanol–water partition coefficient (Wildman–Crippen LogP) is 1.91. The Balaban J connectivity index is 2.47. The molecule has 0 aromatic heterocycles. The molecule has 2 rings (SSSR count). The summed E-state index contributed by atoms with van der Waals surface area (Å²) < 4.78 is 28.7. The smallest absolute Gasteiger partial charge is 0.303 e. The highest BCUT2D eigenvalue weighted by Crippen LogP contribution is 2.39. The van der Waals surface area contributed by atoms with Crippen LogP contribution in [0.5, 0.6) is 0 Å². The summed E-state index contributed by atoms with van der Waals surface area (Å²) in [6.07, 6.45) is 0.749. The van der Waals surface area contributed by atoms with E-state index in [0.29, 0.717) is 11.4 Å². The van der Waals surface area contributed by atoms with Crippen LogP contribution in [-0.4, -0.2) is 25.9 Å². The monoisotopic (exact) mass is 288 g/mol. The lowest BCUT2D eigenvalue weighted by Crippen LogP contribution is -2.27. The molecule has 0 bridgehead atoms. The molecule has 1 aliphatic rings. The van der Waals surface area contributed by atoms with Crippen LogP contribution in [0.1, 0.15) is 24.2 Å². The number of ether oxygens (including phenoxy) is 1. The van der Waals surface area contributed by atoms with Crippen molar-refractivity contribution in [1.82, 2.24) is 0 Å². The van der Waals surface area contributed by atoms with Crippen LogP contribution in [0, 0.1) is 0 Å². The lowest BCUT2D eigenvalue weighted by molar-refractivity contribution is -0.146. The third kappa shape index (κ3) is 2.52. The van der Waals surface area contributed by atoms with Crippen molar-refractivity contribution in [3.8, 4) is 0 Å². The van der Waals surface area contributed by atoms with Gasteiger partial charge in [-0.05, 0) is 29.7 Å². The van der Waals surface area contributed by atoms with Gasteiger partial charge in [-0.15, -0.1) is 0 Å². The number of esters is 1. The Kier molecular flexibility index (Phi) is 3.38. The van der Waals surface area contributed by atoms with Gasteiger partial charge >= 0.3 is 5.97 Å². The molecule has 0 radical (unpaired) electrons. The average Bonchev–Trinajstić information content (AvgIpc) is 2.55. The first kappa shape index (κ1) is 13.4. The molecular weight excluding hydrogens is 276 g/mol. The van der Waals surface area contributed by atoms with Crippen LogP contribution in [0.3, 0.4) is 0 Å². The quantitative estimate of drug-likeness (QED) is 0.780. The SMILES string of the molecule is CC(=O)OC1c2ccc(Cl)cc2CC1S(C)(=O)=O. The van der Waals surface area contributed by atoms with Crippen LogP contribution in [-0.2, 0) is 25.8 Å². The number of hydrogen-bond donors (Lipinski definition) is 0. The number of sulfone groups is 1. The van der Waals surface area contributed by atoms with Crippen molar-refractivity contribution >= 4 is 27.4 Å². The summed E-state index contributed by atoms with van der Waals surface area (Å²) in [6, 6.07) is 5.11. The number of carbonyl (C=O) groups excluding carboxylic acids is 1. The normalized spacial score (nSPS) is 22.6. The molecular formula is C12H13ClO4S. The zero-order chi connectivity index (χ0) is 13.5. The molecule has 0 fully saturated rings. The molecule has 0 spiro atoms. The van der Waals surface area contributed by atoms with Crippen molar-refractivity contribution in [3.63, 3.8) is 0 Å². The van der Waals surface area contributed by atoms with Crippen LogP contribution in [0.2, 0.25) is 5.02 Å². The summed E-state index contributed by atoms with van der Waals surface area (Å²) >= 11 is 5.88. The maximum absolute atomic E-state index is 11.8. The van der Waals surface area contributed by atoms with E-state index in [-0.39, 0.29) is 0 Å². The average molecular weight is 289 g/mol. The van der Waals surface area contributed by atoms with E-state index < -0.39 is 27.2 Å². The summed E-state index contributed by atoms with van der Waals surface area (Å²) in [5, 5.41) is -0.181. The molecule has 0 N–H and O–H groups in total. The summed E-state index contributed by atoms with van der Waals surface area (Å²) in [7, 11) is -3.30. The van der Waals surface area contributed by atoms with Crippen molar-refractivity contribution in [3.05, 3.63) is 34.3 Å². The van der Waals surface area contributed by atoms with E-state index in [0.717, 1.165) is 17.4 Å². The molecule has 2 atom stereocenters. The van der Waals surface area contributed by atoms with E-state index >= 15 is 0 Å². The largest absolute Gasteiger partial charge is 0.456 e. The van der Waals surface area contributed by atoms with Gasteiger partial charge in [0, 0.05) is 18.2 Å². The fourth-order valence-corrected chi connectivity index (χ4v) is 3.57. The number of carbonyl (C=O) groups is 1. The first-order valence-electron chi connectivity index (χ1n) is 5.43. The molecule has 1 aromatic rings. The number of fused-ring (bicyclic) bond motifs is 1. The van der Waals surface area contributed by atoms with E-state index in [4.69, 9.17) is 16.3 Å². The summed E-state index contributed by atoms with van der Waals surface area (Å²) in [5.41, 5.74) is 1.55. The molecule has 0 aliphatic heterocycles. The van der Waals surface area contributed by atoms with Gasteiger partial charge in [0.15, 0.2) is 9.84 Å². The number of hydrogen-bond acceptors (Lipinski definition) is 4. The van der Waals surface area contributed by atoms with E-state index in [1.807, 2.05) is 0 Å². The van der Waals surface area contributed by atoms with E-state index in [1.165, 1.54) is 6.92 Å². The van der Waals surface area contributed by atoms with Gasteiger partial charge in [-0.3, -0.25) is 4.79 Å². The molecule has 1 aliphatic carbocycles. The van der Waals surface area contributed by atoms with Gasteiger partial charge in [0.1, 0.15) is 11.4 Å². The summed E-state index contributed by atoms with van der Waals surface area (Å²) in [5.74, 6) is -0.489. The molecule has 0 heterocycles. The topological polar surface area (TPSA) is 60.4 Å². The minimum Gasteiger partial charge on any atom is -0.456 e. The van der Waals surface area contributed by atoms with Gasteiger partial charge in [-0.25, -0.2) is 8.42 Å². The van der Waals surface area contributed by atoms with E-state index in [9.17, 15) is 13.2 Å². The molecule has 98 valence electrons. The summed E-state index contributed by atoms with van der Waals surface area (Å²) in [6.45, 7) is 1.27. The molecule has 18 heavy (non-hydrogen) atoms. The minimum atomic E-state index is -3.30. The third-order valence-corrected chi connectivity index (χ3v) is 4.76. The Morgan fingerprint density at radius 3 is 2.67 bits per heavy atom. The van der Waals surface area contributed by atoms with Crippen LogP contribution < -0.4 is 0 Å². The van der Waals surface area contributed by atoms with Crippen molar-refractivity contribution in [2.24, 2.45) is 0 Å². The zero-order valence-corrected chi connectivity index (χ0v) is 11.6. The molecule has 4 nitrogen and oxygen atoms in total.